The van der Waals surface area contributed by atoms with E-state index in [9.17, 15) is 35.4 Å². The lowest BCUT2D eigenvalue weighted by Gasteiger charge is -2.38. The molecule has 0 bridgehead atoms. The van der Waals surface area contributed by atoms with Crippen LogP contribution < -0.4 is 10.2 Å². The molecular formula is C26H26O11. The standard InChI is InChI=1S/C26H26O11/c1-10-18(29)20(31)21(32)25(34-10)37-24-19(30)17-14(28)9-15-13(8-16(35-15)26(2,3)33)23(17)36-22(24)11-4-6-12(27)7-5-11/h4-10,18,20-21,25,27-29,31-33H,1-3H3/t10-,18-,20+,21+,25-/m1/s1. The first-order valence-corrected chi connectivity index (χ1v) is 11.5. The molecule has 0 amide bonds. The number of hydrogen-bond donors (Lipinski definition) is 6. The van der Waals surface area contributed by atoms with Crippen LogP contribution in [0.25, 0.3) is 33.3 Å². The average molecular weight is 514 g/mol. The molecule has 2 aromatic carbocycles. The second-order valence-electron chi connectivity index (χ2n) is 9.62. The Hall–Kier alpha value is -3.61. The van der Waals surface area contributed by atoms with Crippen molar-refractivity contribution in [3.63, 3.8) is 0 Å². The van der Waals surface area contributed by atoms with E-state index in [-0.39, 0.29) is 33.8 Å². The zero-order chi connectivity index (χ0) is 26.8. The molecular weight excluding hydrogens is 488 g/mol. The molecule has 11 heteroatoms. The van der Waals surface area contributed by atoms with E-state index < -0.39 is 53.2 Å². The van der Waals surface area contributed by atoms with Crippen LogP contribution in [-0.4, -0.2) is 61.3 Å². The van der Waals surface area contributed by atoms with Gasteiger partial charge in [-0.3, -0.25) is 4.79 Å². The summed E-state index contributed by atoms with van der Waals surface area (Å²) < 4.78 is 23.0. The van der Waals surface area contributed by atoms with Crippen LogP contribution in [0.5, 0.6) is 17.2 Å². The smallest absolute Gasteiger partial charge is 0.239 e. The Morgan fingerprint density at radius 1 is 0.946 bits per heavy atom. The molecule has 1 aliphatic rings. The summed E-state index contributed by atoms with van der Waals surface area (Å²) in [6.45, 7) is 4.48. The van der Waals surface area contributed by atoms with Gasteiger partial charge < -0.3 is 48.9 Å². The number of rotatable bonds is 4. The van der Waals surface area contributed by atoms with Crippen LogP contribution in [-0.2, 0) is 10.3 Å². The molecule has 1 fully saturated rings. The summed E-state index contributed by atoms with van der Waals surface area (Å²) in [5.41, 5.74) is -1.77. The highest BCUT2D eigenvalue weighted by molar-refractivity contribution is 6.06. The van der Waals surface area contributed by atoms with Crippen molar-refractivity contribution in [1.82, 2.24) is 0 Å². The van der Waals surface area contributed by atoms with E-state index in [0.717, 1.165) is 0 Å². The van der Waals surface area contributed by atoms with Gasteiger partial charge in [-0.2, -0.15) is 0 Å². The van der Waals surface area contributed by atoms with Crippen LogP contribution >= 0.6 is 0 Å². The predicted octanol–water partition coefficient (Wildman–Crippen LogP) is 2.05. The van der Waals surface area contributed by atoms with Crippen LogP contribution in [0.3, 0.4) is 0 Å². The van der Waals surface area contributed by atoms with E-state index in [1.807, 2.05) is 0 Å². The Morgan fingerprint density at radius 2 is 1.62 bits per heavy atom. The second kappa shape index (κ2) is 8.75. The van der Waals surface area contributed by atoms with Gasteiger partial charge in [-0.1, -0.05) is 0 Å². The Labute approximate surface area is 209 Å². The molecule has 0 unspecified atom stereocenters. The minimum absolute atomic E-state index is 0.0454. The highest BCUT2D eigenvalue weighted by Gasteiger charge is 2.44. The molecule has 37 heavy (non-hydrogen) atoms. The monoisotopic (exact) mass is 514 g/mol. The fraction of sp³-hybridized carbons (Fsp3) is 0.346. The molecule has 6 N–H and O–H groups in total. The van der Waals surface area contributed by atoms with Crippen LogP contribution in [0.4, 0.5) is 0 Å². The van der Waals surface area contributed by atoms with Gasteiger partial charge in [0.25, 0.3) is 0 Å². The zero-order valence-electron chi connectivity index (χ0n) is 20.1. The summed E-state index contributed by atoms with van der Waals surface area (Å²) in [7, 11) is 0. The first kappa shape index (κ1) is 25.1. The van der Waals surface area contributed by atoms with E-state index in [1.54, 1.807) is 0 Å². The van der Waals surface area contributed by atoms with Gasteiger partial charge in [0.1, 0.15) is 52.1 Å². The van der Waals surface area contributed by atoms with Gasteiger partial charge >= 0.3 is 0 Å². The molecule has 1 aliphatic heterocycles. The maximum atomic E-state index is 13.7. The van der Waals surface area contributed by atoms with E-state index in [1.165, 1.54) is 57.2 Å². The van der Waals surface area contributed by atoms with Crippen molar-refractivity contribution in [1.29, 1.82) is 0 Å². The molecule has 0 saturated carbocycles. The van der Waals surface area contributed by atoms with Gasteiger partial charge in [-0.05, 0) is 51.1 Å². The topological polar surface area (TPSA) is 183 Å². The third kappa shape index (κ3) is 4.20. The number of benzene rings is 2. The Kier molecular flexibility index (Phi) is 5.93. The summed E-state index contributed by atoms with van der Waals surface area (Å²) in [6, 6.07) is 8.35. The second-order valence-corrected chi connectivity index (χ2v) is 9.62. The number of hydrogen-bond acceptors (Lipinski definition) is 11. The van der Waals surface area contributed by atoms with Crippen molar-refractivity contribution >= 4 is 21.9 Å². The van der Waals surface area contributed by atoms with Crippen LogP contribution in [0, 0.1) is 0 Å². The van der Waals surface area contributed by atoms with Crippen LogP contribution in [0.15, 0.2) is 50.0 Å². The van der Waals surface area contributed by atoms with Crippen molar-refractivity contribution in [2.75, 3.05) is 0 Å². The van der Waals surface area contributed by atoms with Crippen LogP contribution in [0.2, 0.25) is 0 Å². The van der Waals surface area contributed by atoms with Crippen molar-refractivity contribution in [3.05, 3.63) is 52.4 Å². The third-order valence-electron chi connectivity index (χ3n) is 6.37. The number of aromatic hydroxyl groups is 2. The van der Waals surface area contributed by atoms with E-state index in [4.69, 9.17) is 18.3 Å². The predicted molar refractivity (Wildman–Crippen MR) is 129 cm³/mol. The van der Waals surface area contributed by atoms with Crippen molar-refractivity contribution in [3.8, 4) is 28.6 Å². The minimum Gasteiger partial charge on any atom is -0.508 e. The van der Waals surface area contributed by atoms with Gasteiger partial charge in [0, 0.05) is 11.6 Å². The summed E-state index contributed by atoms with van der Waals surface area (Å²) in [5.74, 6) is -0.929. The van der Waals surface area contributed by atoms with Gasteiger partial charge in [0.05, 0.1) is 11.5 Å². The summed E-state index contributed by atoms with van der Waals surface area (Å²) in [5, 5.41) is 61.5. The van der Waals surface area contributed by atoms with E-state index >= 15 is 0 Å². The fourth-order valence-corrected chi connectivity index (χ4v) is 4.27. The number of phenolic OH excluding ortho intramolecular Hbond substituents is 2. The maximum Gasteiger partial charge on any atom is 0.239 e. The SMILES string of the molecule is C[C@H]1O[C@H](Oc2c(-c3ccc(O)cc3)oc3c(c(O)cc4oc(C(C)(C)O)cc43)c2=O)[C@@H](O)[C@@H](O)[C@@H]1O. The Balaban J connectivity index is 1.77. The normalized spacial score (nSPS) is 24.6. The Morgan fingerprint density at radius 3 is 2.27 bits per heavy atom. The van der Waals surface area contributed by atoms with Gasteiger partial charge in [0.15, 0.2) is 11.3 Å². The highest BCUT2D eigenvalue weighted by Crippen LogP contribution is 2.41. The van der Waals surface area contributed by atoms with Crippen molar-refractivity contribution in [2.45, 2.75) is 57.1 Å². The number of furan rings is 1. The van der Waals surface area contributed by atoms with E-state index in [2.05, 4.69) is 0 Å². The summed E-state index contributed by atoms with van der Waals surface area (Å²) in [4.78, 5) is 13.7. The molecule has 1 saturated heterocycles. The average Bonchev–Trinajstić information content (AvgIpc) is 3.27. The lowest BCUT2D eigenvalue weighted by molar-refractivity contribution is -0.268. The molecule has 0 radical (unpaired) electrons. The minimum atomic E-state index is -1.71. The fourth-order valence-electron chi connectivity index (χ4n) is 4.27. The third-order valence-corrected chi connectivity index (χ3v) is 6.37. The van der Waals surface area contributed by atoms with Gasteiger partial charge in [-0.15, -0.1) is 0 Å². The van der Waals surface area contributed by atoms with Crippen molar-refractivity contribution < 1.29 is 48.9 Å². The zero-order valence-corrected chi connectivity index (χ0v) is 20.1. The number of aliphatic hydroxyl groups excluding tert-OH is 3. The number of aliphatic hydroxyl groups is 4. The van der Waals surface area contributed by atoms with Gasteiger partial charge in [-0.25, -0.2) is 0 Å². The number of fused-ring (bicyclic) bond motifs is 3. The van der Waals surface area contributed by atoms with Crippen molar-refractivity contribution in [2.24, 2.45) is 0 Å². The molecule has 5 rings (SSSR count). The molecule has 11 nitrogen and oxygen atoms in total. The van der Waals surface area contributed by atoms with Crippen LogP contribution in [0.1, 0.15) is 26.5 Å². The lowest BCUT2D eigenvalue weighted by Crippen LogP contribution is -2.58. The number of phenols is 2. The van der Waals surface area contributed by atoms with E-state index in [0.29, 0.717) is 10.9 Å². The summed E-state index contributed by atoms with van der Waals surface area (Å²) in [6.07, 6.45) is -7.22. The molecule has 5 atom stereocenters. The first-order chi connectivity index (χ1) is 17.4. The largest absolute Gasteiger partial charge is 0.508 e. The highest BCUT2D eigenvalue weighted by atomic mass is 16.7. The quantitative estimate of drug-likeness (QED) is 0.234. The lowest BCUT2D eigenvalue weighted by atomic mass is 10.00. The number of ether oxygens (including phenoxy) is 2. The molecule has 3 heterocycles. The molecule has 4 aromatic rings. The Bertz CT molecular complexity index is 1530. The van der Waals surface area contributed by atoms with Gasteiger partial charge in [0.2, 0.25) is 17.5 Å². The first-order valence-electron chi connectivity index (χ1n) is 11.5. The summed E-state index contributed by atoms with van der Waals surface area (Å²) >= 11 is 0. The molecule has 0 aliphatic carbocycles. The maximum absolute atomic E-state index is 13.7. The molecule has 0 spiro atoms. The molecule has 196 valence electrons. The molecule has 2 aromatic heterocycles.